The van der Waals surface area contributed by atoms with Crippen LogP contribution in [0, 0.1) is 0 Å². The van der Waals surface area contributed by atoms with Crippen LogP contribution in [0.1, 0.15) is 27.2 Å². The second kappa shape index (κ2) is 5.55. The molecule has 1 aromatic rings. The standard InChI is InChI=1S/C15H22N2O4S/c1-14(2,3)21-13(18)17-15(10-16)9-12(15)22(19,20)11-7-5-4-6-8-11/h4-8,12H,9-10,16H2,1-3H3,(H,17,18)/t12-,15+/m1/s1. The summed E-state index contributed by atoms with van der Waals surface area (Å²) in [5.74, 6) is 0. The number of carbonyl (C=O) groups is 1. The summed E-state index contributed by atoms with van der Waals surface area (Å²) in [6.07, 6.45) is -0.358. The fourth-order valence-corrected chi connectivity index (χ4v) is 4.49. The van der Waals surface area contributed by atoms with Gasteiger partial charge in [-0.25, -0.2) is 13.2 Å². The van der Waals surface area contributed by atoms with Crippen molar-refractivity contribution in [2.24, 2.45) is 5.73 Å². The molecule has 0 aromatic heterocycles. The molecule has 22 heavy (non-hydrogen) atoms. The Morgan fingerprint density at radius 1 is 1.36 bits per heavy atom. The smallest absolute Gasteiger partial charge is 0.408 e. The Morgan fingerprint density at radius 2 is 1.95 bits per heavy atom. The maximum absolute atomic E-state index is 12.6. The van der Waals surface area contributed by atoms with Gasteiger partial charge in [-0.3, -0.25) is 0 Å². The van der Waals surface area contributed by atoms with Crippen LogP contribution in [-0.4, -0.2) is 37.4 Å². The van der Waals surface area contributed by atoms with E-state index in [2.05, 4.69) is 5.32 Å². The SMILES string of the molecule is CC(C)(C)OC(=O)N[C@]1(CN)C[C@H]1S(=O)(=O)c1ccccc1. The molecule has 7 heteroatoms. The molecule has 1 amide bonds. The van der Waals surface area contributed by atoms with E-state index in [-0.39, 0.29) is 11.4 Å². The van der Waals surface area contributed by atoms with Gasteiger partial charge in [0.1, 0.15) is 5.60 Å². The minimum Gasteiger partial charge on any atom is -0.444 e. The molecule has 0 aliphatic heterocycles. The van der Waals surface area contributed by atoms with Crippen LogP contribution < -0.4 is 11.1 Å². The Hall–Kier alpha value is -1.60. The Bertz CT molecular complexity index is 652. The van der Waals surface area contributed by atoms with Gasteiger partial charge in [-0.2, -0.15) is 0 Å². The van der Waals surface area contributed by atoms with E-state index < -0.39 is 32.3 Å². The predicted molar refractivity (Wildman–Crippen MR) is 83.2 cm³/mol. The lowest BCUT2D eigenvalue weighted by Crippen LogP contribution is -2.48. The number of ether oxygens (including phenoxy) is 1. The first-order chi connectivity index (χ1) is 10.1. The van der Waals surface area contributed by atoms with Gasteiger partial charge < -0.3 is 15.8 Å². The average molecular weight is 326 g/mol. The number of nitrogens with one attached hydrogen (secondary N) is 1. The van der Waals surface area contributed by atoms with Gasteiger partial charge in [0.05, 0.1) is 15.7 Å². The molecule has 1 saturated carbocycles. The van der Waals surface area contributed by atoms with Crippen molar-refractivity contribution in [3.63, 3.8) is 0 Å². The number of nitrogens with two attached hydrogens (primary N) is 1. The van der Waals surface area contributed by atoms with Crippen molar-refractivity contribution in [1.82, 2.24) is 5.32 Å². The molecule has 2 atom stereocenters. The van der Waals surface area contributed by atoms with Crippen molar-refractivity contribution in [2.75, 3.05) is 6.54 Å². The number of sulfone groups is 1. The third-order valence-electron chi connectivity index (χ3n) is 3.57. The van der Waals surface area contributed by atoms with Crippen LogP contribution in [0.15, 0.2) is 35.2 Å². The summed E-state index contributed by atoms with van der Waals surface area (Å²) in [5, 5.41) is 1.91. The first-order valence-corrected chi connectivity index (χ1v) is 8.65. The van der Waals surface area contributed by atoms with Crippen molar-refractivity contribution < 1.29 is 17.9 Å². The minimum absolute atomic E-state index is 0.0446. The van der Waals surface area contributed by atoms with Gasteiger partial charge in [0.2, 0.25) is 0 Å². The molecule has 2 rings (SSSR count). The van der Waals surface area contributed by atoms with E-state index in [0.717, 1.165) is 0 Å². The predicted octanol–water partition coefficient (Wildman–Crippen LogP) is 1.45. The molecule has 122 valence electrons. The normalized spacial score (nSPS) is 24.6. The Kier molecular flexibility index (Phi) is 4.23. The maximum Gasteiger partial charge on any atom is 0.408 e. The van der Waals surface area contributed by atoms with Crippen molar-refractivity contribution in [2.45, 2.75) is 48.5 Å². The highest BCUT2D eigenvalue weighted by Gasteiger charge is 2.62. The van der Waals surface area contributed by atoms with Crippen molar-refractivity contribution in [3.8, 4) is 0 Å². The van der Waals surface area contributed by atoms with Crippen LogP contribution in [0.5, 0.6) is 0 Å². The first-order valence-electron chi connectivity index (χ1n) is 7.11. The number of alkyl carbamates (subject to hydrolysis) is 1. The van der Waals surface area contributed by atoms with Gasteiger partial charge in [-0.15, -0.1) is 0 Å². The highest BCUT2D eigenvalue weighted by Crippen LogP contribution is 2.44. The minimum atomic E-state index is -3.53. The average Bonchev–Trinajstić information content (AvgIpc) is 3.13. The number of rotatable bonds is 4. The lowest BCUT2D eigenvalue weighted by Gasteiger charge is -2.23. The zero-order chi connectivity index (χ0) is 16.6. The third-order valence-corrected chi connectivity index (χ3v) is 5.86. The molecule has 0 heterocycles. The topological polar surface area (TPSA) is 98.5 Å². The molecule has 0 saturated heterocycles. The van der Waals surface area contributed by atoms with Crippen molar-refractivity contribution in [1.29, 1.82) is 0 Å². The number of benzene rings is 1. The molecule has 0 radical (unpaired) electrons. The van der Waals surface area contributed by atoms with Gasteiger partial charge in [0, 0.05) is 6.54 Å². The number of hydrogen-bond acceptors (Lipinski definition) is 5. The van der Waals surface area contributed by atoms with E-state index in [1.165, 1.54) is 0 Å². The van der Waals surface area contributed by atoms with Crippen LogP contribution in [0.25, 0.3) is 0 Å². The zero-order valence-electron chi connectivity index (χ0n) is 13.0. The molecule has 6 nitrogen and oxygen atoms in total. The molecule has 1 aliphatic carbocycles. The molecule has 1 aromatic carbocycles. The number of amides is 1. The van der Waals surface area contributed by atoms with Crippen LogP contribution in [0.4, 0.5) is 4.79 Å². The van der Waals surface area contributed by atoms with Gasteiger partial charge in [-0.1, -0.05) is 18.2 Å². The summed E-state index contributed by atoms with van der Waals surface area (Å²) in [7, 11) is -3.53. The second-order valence-corrected chi connectivity index (χ2v) is 8.67. The number of carbonyl (C=O) groups excluding carboxylic acids is 1. The molecule has 0 spiro atoms. The lowest BCUT2D eigenvalue weighted by molar-refractivity contribution is 0.0499. The summed E-state index contributed by atoms with van der Waals surface area (Å²) < 4.78 is 30.4. The second-order valence-electron chi connectivity index (χ2n) is 6.54. The van der Waals surface area contributed by atoms with Gasteiger partial charge in [0.15, 0.2) is 9.84 Å². The molecular formula is C15H22N2O4S. The highest BCUT2D eigenvalue weighted by molar-refractivity contribution is 7.92. The van der Waals surface area contributed by atoms with Gasteiger partial charge in [0.25, 0.3) is 0 Å². The monoisotopic (exact) mass is 326 g/mol. The zero-order valence-corrected chi connectivity index (χ0v) is 13.8. The van der Waals surface area contributed by atoms with E-state index >= 15 is 0 Å². The van der Waals surface area contributed by atoms with E-state index in [0.29, 0.717) is 6.42 Å². The fourth-order valence-electron chi connectivity index (χ4n) is 2.36. The van der Waals surface area contributed by atoms with Crippen LogP contribution in [0.2, 0.25) is 0 Å². The molecule has 0 unspecified atom stereocenters. The summed E-state index contributed by atoms with van der Waals surface area (Å²) in [6, 6.07) is 8.17. The van der Waals surface area contributed by atoms with Gasteiger partial charge in [-0.05, 0) is 39.3 Å². The van der Waals surface area contributed by atoms with E-state index in [4.69, 9.17) is 10.5 Å². The fraction of sp³-hybridized carbons (Fsp3) is 0.533. The summed E-state index contributed by atoms with van der Waals surface area (Å²) in [6.45, 7) is 5.27. The molecule has 0 bridgehead atoms. The number of hydrogen-bond donors (Lipinski definition) is 2. The Balaban J connectivity index is 2.14. The van der Waals surface area contributed by atoms with Crippen molar-refractivity contribution in [3.05, 3.63) is 30.3 Å². The van der Waals surface area contributed by atoms with E-state index in [1.807, 2.05) is 0 Å². The molecule has 3 N–H and O–H groups in total. The quantitative estimate of drug-likeness (QED) is 0.872. The maximum atomic E-state index is 12.6. The van der Waals surface area contributed by atoms with E-state index in [9.17, 15) is 13.2 Å². The van der Waals surface area contributed by atoms with Crippen LogP contribution >= 0.6 is 0 Å². The van der Waals surface area contributed by atoms with Crippen LogP contribution in [-0.2, 0) is 14.6 Å². The highest BCUT2D eigenvalue weighted by atomic mass is 32.2. The third kappa shape index (κ3) is 3.41. The first kappa shape index (κ1) is 16.8. The largest absolute Gasteiger partial charge is 0.444 e. The summed E-state index contributed by atoms with van der Waals surface area (Å²) in [5.41, 5.74) is 4.11. The van der Waals surface area contributed by atoms with Crippen molar-refractivity contribution >= 4 is 15.9 Å². The van der Waals surface area contributed by atoms with Crippen LogP contribution in [0.3, 0.4) is 0 Å². The Morgan fingerprint density at radius 3 is 2.45 bits per heavy atom. The summed E-state index contributed by atoms with van der Waals surface area (Å²) >= 11 is 0. The lowest BCUT2D eigenvalue weighted by atomic mass is 10.2. The Labute approximate surface area is 131 Å². The molecule has 1 aliphatic rings. The molecular weight excluding hydrogens is 304 g/mol. The summed E-state index contributed by atoms with van der Waals surface area (Å²) in [4.78, 5) is 12.1. The van der Waals surface area contributed by atoms with Gasteiger partial charge >= 0.3 is 6.09 Å². The van der Waals surface area contributed by atoms with E-state index in [1.54, 1.807) is 51.1 Å². The molecule has 1 fully saturated rings.